The number of carbonyl (C=O) groups is 1. The van der Waals surface area contributed by atoms with E-state index in [0.717, 1.165) is 5.56 Å². The summed E-state index contributed by atoms with van der Waals surface area (Å²) in [5, 5.41) is 8.60. The average Bonchev–Trinajstić information content (AvgIpc) is 2.29. The standard InChI is InChI=1S/C13H17N3O/c1-10(2)16(9-5-7-14)13(17)12-11(3)6-4-8-15-12/h4,6,8,10H,5,9H2,1-3H3. The first kappa shape index (κ1) is 13.2. The van der Waals surface area contributed by atoms with E-state index in [9.17, 15) is 4.79 Å². The summed E-state index contributed by atoms with van der Waals surface area (Å²) in [6.45, 7) is 6.19. The summed E-state index contributed by atoms with van der Waals surface area (Å²) in [6.07, 6.45) is 1.96. The summed E-state index contributed by atoms with van der Waals surface area (Å²) >= 11 is 0. The second kappa shape index (κ2) is 6.00. The van der Waals surface area contributed by atoms with Gasteiger partial charge in [0, 0.05) is 18.8 Å². The van der Waals surface area contributed by atoms with Crippen LogP contribution >= 0.6 is 0 Å². The number of aromatic nitrogens is 1. The Bertz CT molecular complexity index is 435. The predicted molar refractivity (Wildman–Crippen MR) is 65.4 cm³/mol. The van der Waals surface area contributed by atoms with Crippen molar-refractivity contribution < 1.29 is 4.79 Å². The third-order valence-electron chi connectivity index (χ3n) is 2.56. The summed E-state index contributed by atoms with van der Waals surface area (Å²) in [4.78, 5) is 18.1. The maximum atomic E-state index is 12.3. The molecule has 0 saturated heterocycles. The maximum absolute atomic E-state index is 12.3. The van der Waals surface area contributed by atoms with Crippen LogP contribution in [0.3, 0.4) is 0 Å². The Morgan fingerprint density at radius 2 is 2.29 bits per heavy atom. The number of hydrogen-bond donors (Lipinski definition) is 0. The fourth-order valence-corrected chi connectivity index (χ4v) is 1.61. The molecule has 1 rings (SSSR count). The average molecular weight is 231 g/mol. The van der Waals surface area contributed by atoms with Gasteiger partial charge in [0.05, 0.1) is 12.5 Å². The molecule has 0 spiro atoms. The molecular formula is C13H17N3O. The Labute approximate surface area is 102 Å². The van der Waals surface area contributed by atoms with Crippen molar-refractivity contribution in [2.45, 2.75) is 33.2 Å². The van der Waals surface area contributed by atoms with E-state index in [4.69, 9.17) is 5.26 Å². The first-order valence-electron chi connectivity index (χ1n) is 5.67. The van der Waals surface area contributed by atoms with Gasteiger partial charge in [0.2, 0.25) is 0 Å². The molecule has 1 heterocycles. The van der Waals surface area contributed by atoms with Crippen LogP contribution in [0.2, 0.25) is 0 Å². The van der Waals surface area contributed by atoms with E-state index >= 15 is 0 Å². The first-order chi connectivity index (χ1) is 8.07. The zero-order valence-corrected chi connectivity index (χ0v) is 10.5. The minimum Gasteiger partial charge on any atom is -0.334 e. The summed E-state index contributed by atoms with van der Waals surface area (Å²) in [5.41, 5.74) is 1.33. The Balaban J connectivity index is 2.93. The third kappa shape index (κ3) is 3.28. The Hall–Kier alpha value is -1.89. The Morgan fingerprint density at radius 1 is 1.59 bits per heavy atom. The molecule has 0 aliphatic carbocycles. The van der Waals surface area contributed by atoms with Gasteiger partial charge in [-0.2, -0.15) is 5.26 Å². The Morgan fingerprint density at radius 3 is 2.82 bits per heavy atom. The fourth-order valence-electron chi connectivity index (χ4n) is 1.61. The van der Waals surface area contributed by atoms with Crippen LogP contribution in [0.4, 0.5) is 0 Å². The van der Waals surface area contributed by atoms with E-state index in [1.54, 1.807) is 17.2 Å². The molecule has 1 amide bonds. The number of amides is 1. The van der Waals surface area contributed by atoms with Crippen molar-refractivity contribution in [3.8, 4) is 6.07 Å². The molecule has 0 aliphatic heterocycles. The van der Waals surface area contributed by atoms with Crippen LogP contribution in [0.25, 0.3) is 0 Å². The van der Waals surface area contributed by atoms with Gasteiger partial charge in [0.15, 0.2) is 0 Å². The van der Waals surface area contributed by atoms with Gasteiger partial charge in [-0.15, -0.1) is 0 Å². The van der Waals surface area contributed by atoms with E-state index in [0.29, 0.717) is 18.7 Å². The zero-order chi connectivity index (χ0) is 12.8. The number of nitrogens with zero attached hydrogens (tertiary/aromatic N) is 3. The van der Waals surface area contributed by atoms with Crippen LogP contribution in [0.1, 0.15) is 36.3 Å². The quantitative estimate of drug-likeness (QED) is 0.797. The van der Waals surface area contributed by atoms with Crippen LogP contribution in [0, 0.1) is 18.3 Å². The lowest BCUT2D eigenvalue weighted by atomic mass is 10.1. The maximum Gasteiger partial charge on any atom is 0.272 e. The lowest BCUT2D eigenvalue weighted by Gasteiger charge is -2.25. The van der Waals surface area contributed by atoms with Gasteiger partial charge in [0.1, 0.15) is 5.69 Å². The van der Waals surface area contributed by atoms with Crippen LogP contribution in [0.5, 0.6) is 0 Å². The van der Waals surface area contributed by atoms with Crippen molar-refractivity contribution in [1.29, 1.82) is 5.26 Å². The van der Waals surface area contributed by atoms with Gasteiger partial charge < -0.3 is 4.90 Å². The topological polar surface area (TPSA) is 57.0 Å². The molecule has 1 aromatic rings. The molecule has 0 fully saturated rings. The van der Waals surface area contributed by atoms with Crippen LogP contribution < -0.4 is 0 Å². The molecule has 0 bridgehead atoms. The SMILES string of the molecule is Cc1cccnc1C(=O)N(CCC#N)C(C)C. The van der Waals surface area contributed by atoms with Gasteiger partial charge in [-0.1, -0.05) is 6.07 Å². The number of pyridine rings is 1. The van der Waals surface area contributed by atoms with Crippen molar-refractivity contribution in [3.05, 3.63) is 29.6 Å². The van der Waals surface area contributed by atoms with E-state index in [2.05, 4.69) is 11.1 Å². The second-order valence-electron chi connectivity index (χ2n) is 4.17. The molecule has 0 aliphatic rings. The van der Waals surface area contributed by atoms with Gasteiger partial charge in [0.25, 0.3) is 5.91 Å². The van der Waals surface area contributed by atoms with Crippen molar-refractivity contribution in [2.75, 3.05) is 6.54 Å². The molecule has 0 radical (unpaired) electrons. The van der Waals surface area contributed by atoms with E-state index in [1.807, 2.05) is 26.8 Å². The molecule has 90 valence electrons. The molecule has 17 heavy (non-hydrogen) atoms. The van der Waals surface area contributed by atoms with Gasteiger partial charge in [-0.25, -0.2) is 0 Å². The molecular weight excluding hydrogens is 214 g/mol. The smallest absolute Gasteiger partial charge is 0.272 e. The van der Waals surface area contributed by atoms with Crippen molar-refractivity contribution >= 4 is 5.91 Å². The molecule has 1 aromatic heterocycles. The number of carbonyl (C=O) groups excluding carboxylic acids is 1. The summed E-state index contributed by atoms with van der Waals surface area (Å²) in [5.74, 6) is -0.103. The summed E-state index contributed by atoms with van der Waals surface area (Å²) in [6, 6.07) is 5.80. The molecule has 0 aromatic carbocycles. The van der Waals surface area contributed by atoms with Gasteiger partial charge >= 0.3 is 0 Å². The molecule has 0 saturated carbocycles. The number of rotatable bonds is 4. The van der Waals surface area contributed by atoms with Crippen LogP contribution in [-0.4, -0.2) is 28.4 Å². The Kier molecular flexibility index (Phi) is 4.65. The summed E-state index contributed by atoms with van der Waals surface area (Å²) < 4.78 is 0. The third-order valence-corrected chi connectivity index (χ3v) is 2.56. The van der Waals surface area contributed by atoms with E-state index in [1.165, 1.54) is 0 Å². The first-order valence-corrected chi connectivity index (χ1v) is 5.67. The lowest BCUT2D eigenvalue weighted by Crippen LogP contribution is -2.38. The van der Waals surface area contributed by atoms with E-state index < -0.39 is 0 Å². The normalized spacial score (nSPS) is 10.1. The minimum absolute atomic E-state index is 0.0669. The van der Waals surface area contributed by atoms with Crippen molar-refractivity contribution in [2.24, 2.45) is 0 Å². The highest BCUT2D eigenvalue weighted by atomic mass is 16.2. The molecule has 0 unspecified atom stereocenters. The zero-order valence-electron chi connectivity index (χ0n) is 10.5. The monoisotopic (exact) mass is 231 g/mol. The van der Waals surface area contributed by atoms with Gasteiger partial charge in [-0.3, -0.25) is 9.78 Å². The van der Waals surface area contributed by atoms with Crippen molar-refractivity contribution in [1.82, 2.24) is 9.88 Å². The highest BCUT2D eigenvalue weighted by Gasteiger charge is 2.20. The molecule has 4 heteroatoms. The highest BCUT2D eigenvalue weighted by Crippen LogP contribution is 2.10. The van der Waals surface area contributed by atoms with Crippen LogP contribution in [-0.2, 0) is 0 Å². The number of hydrogen-bond acceptors (Lipinski definition) is 3. The molecule has 4 nitrogen and oxygen atoms in total. The highest BCUT2D eigenvalue weighted by molar-refractivity contribution is 5.93. The number of nitriles is 1. The van der Waals surface area contributed by atoms with E-state index in [-0.39, 0.29) is 11.9 Å². The molecule has 0 N–H and O–H groups in total. The van der Waals surface area contributed by atoms with Crippen LogP contribution in [0.15, 0.2) is 18.3 Å². The van der Waals surface area contributed by atoms with Crippen molar-refractivity contribution in [3.63, 3.8) is 0 Å². The predicted octanol–water partition coefficient (Wildman–Crippen LogP) is 2.15. The number of aryl methyl sites for hydroxylation is 1. The van der Waals surface area contributed by atoms with Gasteiger partial charge in [-0.05, 0) is 32.4 Å². The minimum atomic E-state index is -0.103. The summed E-state index contributed by atoms with van der Waals surface area (Å²) in [7, 11) is 0. The fraction of sp³-hybridized carbons (Fsp3) is 0.462. The molecule has 0 atom stereocenters. The lowest BCUT2D eigenvalue weighted by molar-refractivity contribution is 0.0703. The second-order valence-corrected chi connectivity index (χ2v) is 4.17. The largest absolute Gasteiger partial charge is 0.334 e.